The number of ether oxygens (including phenoxy) is 1. The van der Waals surface area contributed by atoms with Crippen molar-refractivity contribution in [2.45, 2.75) is 13.8 Å². The number of hydrogen-bond acceptors (Lipinski definition) is 2. The average Bonchev–Trinajstić information content (AvgIpc) is 1.87. The highest BCUT2D eigenvalue weighted by Crippen LogP contribution is 1.91. The molecule has 0 spiro atoms. The maximum absolute atomic E-state index is 7.88. The molecule has 0 aromatic carbocycles. The van der Waals surface area contributed by atoms with Crippen LogP contribution in [-0.4, -0.2) is 19.8 Å². The second kappa shape index (κ2) is 6.39. The predicted octanol–water partition coefficient (Wildman–Crippen LogP) is 1.97. The highest BCUT2D eigenvalue weighted by atomic mass is 16.5. The van der Waals surface area contributed by atoms with Gasteiger partial charge in [-0.2, -0.15) is 0 Å². The van der Waals surface area contributed by atoms with E-state index in [1.807, 2.05) is 0 Å². The van der Waals surface area contributed by atoms with Crippen LogP contribution >= 0.6 is 0 Å². The van der Waals surface area contributed by atoms with Crippen molar-refractivity contribution in [2.75, 3.05) is 19.8 Å². The highest BCUT2D eigenvalue weighted by molar-refractivity contribution is 4.45. The van der Waals surface area contributed by atoms with Gasteiger partial charge < -0.3 is 4.74 Å². The molecule has 4 nitrogen and oxygen atoms in total. The first-order chi connectivity index (χ1) is 4.77. The number of nitrogens with zero attached hydrogens (tertiary/aromatic N) is 3. The summed E-state index contributed by atoms with van der Waals surface area (Å²) in [4.78, 5) is 2.60. The van der Waals surface area contributed by atoms with Crippen molar-refractivity contribution < 1.29 is 4.74 Å². The fourth-order valence-corrected chi connectivity index (χ4v) is 0.469. The second-order valence-electron chi connectivity index (χ2n) is 2.42. The normalized spacial score (nSPS) is 9.50. The lowest BCUT2D eigenvalue weighted by Gasteiger charge is -2.03. The number of azide groups is 1. The molecule has 0 heterocycles. The molecule has 4 heteroatoms. The lowest BCUT2D eigenvalue weighted by atomic mass is 10.2. The van der Waals surface area contributed by atoms with Gasteiger partial charge in [-0.1, -0.05) is 19.0 Å². The maximum Gasteiger partial charge on any atom is 0.0522 e. The van der Waals surface area contributed by atoms with Crippen molar-refractivity contribution in [1.82, 2.24) is 0 Å². The molecule has 0 bridgehead atoms. The van der Waals surface area contributed by atoms with E-state index in [0.29, 0.717) is 19.1 Å². The van der Waals surface area contributed by atoms with Crippen LogP contribution in [0.15, 0.2) is 5.11 Å². The van der Waals surface area contributed by atoms with Gasteiger partial charge in [-0.15, -0.1) is 0 Å². The van der Waals surface area contributed by atoms with Crippen LogP contribution in [0.4, 0.5) is 0 Å². The summed E-state index contributed by atoms with van der Waals surface area (Å²) in [6.45, 7) is 5.85. The Morgan fingerprint density at radius 1 is 1.60 bits per heavy atom. The molecule has 58 valence electrons. The molecule has 0 saturated heterocycles. The minimum Gasteiger partial charge on any atom is -0.381 e. The first-order valence-corrected chi connectivity index (χ1v) is 3.36. The van der Waals surface area contributed by atoms with Crippen LogP contribution in [0.1, 0.15) is 13.8 Å². The fraction of sp³-hybridized carbons (Fsp3) is 1.00. The Hall–Kier alpha value is -0.730. The van der Waals surface area contributed by atoms with E-state index in [9.17, 15) is 0 Å². The number of rotatable bonds is 5. The summed E-state index contributed by atoms with van der Waals surface area (Å²) in [5.41, 5.74) is 7.88. The SMILES string of the molecule is CC(C)COCCN=[N+]=[N-]. The molecule has 0 rings (SSSR count). The monoisotopic (exact) mass is 143 g/mol. The van der Waals surface area contributed by atoms with Gasteiger partial charge >= 0.3 is 0 Å². The third-order valence-corrected chi connectivity index (χ3v) is 0.850. The summed E-state index contributed by atoms with van der Waals surface area (Å²) < 4.78 is 5.13. The summed E-state index contributed by atoms with van der Waals surface area (Å²) in [7, 11) is 0. The van der Waals surface area contributed by atoms with Crippen LogP contribution in [0.3, 0.4) is 0 Å². The van der Waals surface area contributed by atoms with Gasteiger partial charge in [0, 0.05) is 18.1 Å². The molecule has 0 fully saturated rings. The Kier molecular flexibility index (Phi) is 5.92. The van der Waals surface area contributed by atoms with Gasteiger partial charge in [0.15, 0.2) is 0 Å². The zero-order valence-corrected chi connectivity index (χ0v) is 6.45. The molecule has 0 aliphatic carbocycles. The standard InChI is InChI=1S/C6H13N3O/c1-6(2)5-10-4-3-8-9-7/h6H,3-5H2,1-2H3. The molecule has 0 saturated carbocycles. The minimum absolute atomic E-state index is 0.434. The summed E-state index contributed by atoms with van der Waals surface area (Å²) in [5.74, 6) is 0.547. The topological polar surface area (TPSA) is 58.0 Å². The van der Waals surface area contributed by atoms with Crippen molar-refractivity contribution in [2.24, 2.45) is 11.0 Å². The van der Waals surface area contributed by atoms with Gasteiger partial charge in [-0.25, -0.2) is 0 Å². The summed E-state index contributed by atoms with van der Waals surface area (Å²) >= 11 is 0. The lowest BCUT2D eigenvalue weighted by Crippen LogP contribution is -2.04. The van der Waals surface area contributed by atoms with Gasteiger partial charge in [0.25, 0.3) is 0 Å². The van der Waals surface area contributed by atoms with Crippen LogP contribution < -0.4 is 0 Å². The third-order valence-electron chi connectivity index (χ3n) is 0.850. The Morgan fingerprint density at radius 2 is 2.30 bits per heavy atom. The van der Waals surface area contributed by atoms with Crippen molar-refractivity contribution >= 4 is 0 Å². The maximum atomic E-state index is 7.88. The Bertz CT molecular complexity index is 118. The van der Waals surface area contributed by atoms with Crippen molar-refractivity contribution in [3.8, 4) is 0 Å². The van der Waals surface area contributed by atoms with Gasteiger partial charge in [-0.3, -0.25) is 0 Å². The molecule has 0 unspecified atom stereocenters. The molecule has 0 amide bonds. The van der Waals surface area contributed by atoms with Crippen LogP contribution in [-0.2, 0) is 4.74 Å². The highest BCUT2D eigenvalue weighted by Gasteiger charge is 1.91. The van der Waals surface area contributed by atoms with E-state index in [1.54, 1.807) is 0 Å². The summed E-state index contributed by atoms with van der Waals surface area (Å²) in [6, 6.07) is 0. The van der Waals surface area contributed by atoms with Crippen molar-refractivity contribution in [3.63, 3.8) is 0 Å². The molecule has 0 aromatic heterocycles. The first kappa shape index (κ1) is 9.27. The molecule has 0 radical (unpaired) electrons. The fourth-order valence-electron chi connectivity index (χ4n) is 0.469. The van der Waals surface area contributed by atoms with E-state index in [1.165, 1.54) is 0 Å². The van der Waals surface area contributed by atoms with Crippen molar-refractivity contribution in [1.29, 1.82) is 0 Å². The smallest absolute Gasteiger partial charge is 0.0522 e. The van der Waals surface area contributed by atoms with Gasteiger partial charge in [0.2, 0.25) is 0 Å². The zero-order chi connectivity index (χ0) is 7.82. The molecule has 10 heavy (non-hydrogen) atoms. The van der Waals surface area contributed by atoms with Crippen LogP contribution in [0.2, 0.25) is 0 Å². The van der Waals surface area contributed by atoms with E-state index < -0.39 is 0 Å². The third kappa shape index (κ3) is 7.27. The Morgan fingerprint density at radius 3 is 2.80 bits per heavy atom. The van der Waals surface area contributed by atoms with E-state index in [-0.39, 0.29) is 0 Å². The van der Waals surface area contributed by atoms with Gasteiger partial charge in [-0.05, 0) is 11.4 Å². The predicted molar refractivity (Wildman–Crippen MR) is 39.7 cm³/mol. The van der Waals surface area contributed by atoms with Crippen LogP contribution in [0.5, 0.6) is 0 Å². The van der Waals surface area contributed by atoms with Crippen LogP contribution in [0.25, 0.3) is 10.4 Å². The second-order valence-corrected chi connectivity index (χ2v) is 2.42. The van der Waals surface area contributed by atoms with E-state index >= 15 is 0 Å². The van der Waals surface area contributed by atoms with E-state index in [2.05, 4.69) is 23.9 Å². The van der Waals surface area contributed by atoms with Gasteiger partial charge in [0.05, 0.1) is 6.61 Å². The zero-order valence-electron chi connectivity index (χ0n) is 6.45. The average molecular weight is 143 g/mol. The molecular weight excluding hydrogens is 130 g/mol. The lowest BCUT2D eigenvalue weighted by molar-refractivity contribution is 0.116. The summed E-state index contributed by atoms with van der Waals surface area (Å²) in [6.07, 6.45) is 0. The molecule has 0 aliphatic rings. The molecule has 0 atom stereocenters. The Balaban J connectivity index is 2.98. The largest absolute Gasteiger partial charge is 0.381 e. The number of hydrogen-bond donors (Lipinski definition) is 0. The molecule has 0 aliphatic heterocycles. The van der Waals surface area contributed by atoms with Crippen molar-refractivity contribution in [3.05, 3.63) is 10.4 Å². The quantitative estimate of drug-likeness (QED) is 0.251. The molecule has 0 aromatic rings. The molecule has 0 N–H and O–H groups in total. The van der Waals surface area contributed by atoms with Gasteiger partial charge in [0.1, 0.15) is 0 Å². The van der Waals surface area contributed by atoms with E-state index in [4.69, 9.17) is 10.3 Å². The Labute approximate surface area is 60.8 Å². The minimum atomic E-state index is 0.434. The molecular formula is C6H13N3O. The van der Waals surface area contributed by atoms with Crippen LogP contribution in [0, 0.1) is 5.92 Å². The first-order valence-electron chi connectivity index (χ1n) is 3.36. The summed E-state index contributed by atoms with van der Waals surface area (Å²) in [5, 5.41) is 3.32. The van der Waals surface area contributed by atoms with E-state index in [0.717, 1.165) is 6.61 Å².